The van der Waals surface area contributed by atoms with Gasteiger partial charge in [0.05, 0.1) is 22.1 Å². The van der Waals surface area contributed by atoms with Crippen molar-refractivity contribution in [2.45, 2.75) is 6.92 Å². The molecule has 206 valence electrons. The molecule has 0 amide bonds. The zero-order valence-electron chi connectivity index (χ0n) is 24.2. The maximum atomic E-state index is 3.46. The lowest BCUT2D eigenvalue weighted by molar-refractivity contribution is 1.18. The van der Waals surface area contributed by atoms with Gasteiger partial charge >= 0.3 is 0 Å². The minimum atomic E-state index is 1.18. The first-order chi connectivity index (χ1) is 21.3. The minimum Gasteiger partial charge on any atom is -0.309 e. The summed E-state index contributed by atoms with van der Waals surface area (Å²) in [5, 5.41) is 5.09. The predicted octanol–water partition coefficient (Wildman–Crippen LogP) is 11.3. The number of aromatic nitrogens is 2. The van der Waals surface area contributed by atoms with Gasteiger partial charge in [0.25, 0.3) is 0 Å². The van der Waals surface area contributed by atoms with Crippen molar-refractivity contribution in [1.29, 1.82) is 0 Å². The van der Waals surface area contributed by atoms with Crippen LogP contribution in [-0.2, 0) is 0 Å². The number of fused-ring (bicyclic) bond motifs is 6. The van der Waals surface area contributed by atoms with Crippen LogP contribution in [0.25, 0.3) is 66.1 Å². The molecular weight excluding hydrogens is 520 g/mol. The Morgan fingerprint density at radius 2 is 0.837 bits per heavy atom. The van der Waals surface area contributed by atoms with Gasteiger partial charge in [0.1, 0.15) is 0 Å². The third-order valence-corrected chi connectivity index (χ3v) is 8.04. The van der Waals surface area contributed by atoms with E-state index in [2.05, 4.69) is 161 Å². The number of benzene rings is 6. The van der Waals surface area contributed by atoms with Crippen molar-refractivity contribution in [1.82, 2.24) is 9.13 Å². The maximum absolute atomic E-state index is 3.46. The van der Waals surface area contributed by atoms with Crippen LogP contribution in [0.3, 0.4) is 0 Å². The Bertz CT molecular complexity index is 2090. The predicted molar refractivity (Wildman–Crippen MR) is 186 cm³/mol. The highest BCUT2D eigenvalue weighted by atomic mass is 15.0. The Morgan fingerprint density at radius 3 is 1.23 bits per heavy atom. The number of hydrogen-bond acceptors (Lipinski definition) is 0. The van der Waals surface area contributed by atoms with Crippen LogP contribution in [0.2, 0.25) is 0 Å². The Balaban J connectivity index is 0.000000558. The van der Waals surface area contributed by atoms with Crippen molar-refractivity contribution in [3.05, 3.63) is 170 Å². The molecule has 0 unspecified atom stereocenters. The second kappa shape index (κ2) is 11.3. The molecule has 6 aromatic carbocycles. The summed E-state index contributed by atoms with van der Waals surface area (Å²) in [6, 6.07) is 52.4. The van der Waals surface area contributed by atoms with Crippen molar-refractivity contribution in [2.24, 2.45) is 0 Å². The van der Waals surface area contributed by atoms with Crippen LogP contribution in [0.1, 0.15) is 6.92 Å². The number of hydrogen-bond donors (Lipinski definition) is 0. The molecule has 0 spiro atoms. The molecule has 0 aliphatic carbocycles. The lowest BCUT2D eigenvalue weighted by Crippen LogP contribution is -1.93. The molecule has 2 heterocycles. The van der Waals surface area contributed by atoms with Crippen molar-refractivity contribution in [3.63, 3.8) is 0 Å². The lowest BCUT2D eigenvalue weighted by Gasteiger charge is -2.09. The standard InChI is InChI=1S/C36H24N2.C5H8/c1-3-11-27(12-4-1)37-33-17-9-7-15-29(33)31-23-25(19-21-35(31)37)26-20-22-36-32(24-26)30-16-8-10-18-34(30)38(36)28-13-5-2-6-14-28;1-3-5-4-2/h1-24H;3-5H,1H2,2H3/b;5-4-. The van der Waals surface area contributed by atoms with E-state index in [9.17, 15) is 0 Å². The van der Waals surface area contributed by atoms with E-state index in [1.807, 2.05) is 19.1 Å². The Hall–Kier alpha value is -5.60. The van der Waals surface area contributed by atoms with Gasteiger partial charge in [0, 0.05) is 32.9 Å². The van der Waals surface area contributed by atoms with Crippen molar-refractivity contribution < 1.29 is 0 Å². The average molecular weight is 553 g/mol. The van der Waals surface area contributed by atoms with Gasteiger partial charge in [0.15, 0.2) is 0 Å². The summed E-state index contributed by atoms with van der Waals surface area (Å²) < 4.78 is 4.73. The molecule has 43 heavy (non-hydrogen) atoms. The molecule has 8 rings (SSSR count). The normalized spacial score (nSPS) is 11.4. The molecule has 0 aliphatic heterocycles. The summed E-state index contributed by atoms with van der Waals surface area (Å²) in [6.45, 7) is 5.42. The molecule has 0 aliphatic rings. The van der Waals surface area contributed by atoms with Gasteiger partial charge in [-0.1, -0.05) is 110 Å². The molecule has 2 heteroatoms. The van der Waals surface area contributed by atoms with Gasteiger partial charge in [-0.05, 0) is 78.7 Å². The molecule has 0 bridgehead atoms. The summed E-state index contributed by atoms with van der Waals surface area (Å²) in [7, 11) is 0. The van der Waals surface area contributed by atoms with E-state index in [1.165, 1.54) is 66.1 Å². The van der Waals surface area contributed by atoms with Gasteiger partial charge < -0.3 is 9.13 Å². The SMILES string of the molecule is C=C/C=C\C.c1ccc(-n2c3ccccc3c3cc(-c4ccc5c(c4)c4ccccc4n5-c4ccccc4)ccc32)cc1. The second-order valence-corrected chi connectivity index (χ2v) is 10.6. The fraction of sp³-hybridized carbons (Fsp3) is 0.0244. The highest BCUT2D eigenvalue weighted by Gasteiger charge is 2.15. The largest absolute Gasteiger partial charge is 0.309 e. The van der Waals surface area contributed by atoms with Gasteiger partial charge in [-0.25, -0.2) is 0 Å². The average Bonchev–Trinajstić information content (AvgIpc) is 3.58. The molecule has 0 N–H and O–H groups in total. The molecule has 0 fully saturated rings. The molecular formula is C41H32N2. The first-order valence-corrected chi connectivity index (χ1v) is 14.7. The van der Waals surface area contributed by atoms with Gasteiger partial charge in [-0.2, -0.15) is 0 Å². The first-order valence-electron chi connectivity index (χ1n) is 14.7. The summed E-state index contributed by atoms with van der Waals surface area (Å²) in [5.74, 6) is 0. The van der Waals surface area contributed by atoms with E-state index in [-0.39, 0.29) is 0 Å². The first kappa shape index (κ1) is 26.3. The van der Waals surface area contributed by atoms with Crippen LogP contribution in [0.4, 0.5) is 0 Å². The third-order valence-electron chi connectivity index (χ3n) is 8.04. The maximum Gasteiger partial charge on any atom is 0.0541 e. The Kier molecular flexibility index (Phi) is 6.94. The van der Waals surface area contributed by atoms with Crippen LogP contribution < -0.4 is 0 Å². The fourth-order valence-corrected chi connectivity index (χ4v) is 6.15. The highest BCUT2D eigenvalue weighted by molar-refractivity contribution is 6.12. The third kappa shape index (κ3) is 4.64. The van der Waals surface area contributed by atoms with Crippen molar-refractivity contribution in [2.75, 3.05) is 0 Å². The smallest absolute Gasteiger partial charge is 0.0541 e. The van der Waals surface area contributed by atoms with Crippen molar-refractivity contribution >= 4 is 43.6 Å². The van der Waals surface area contributed by atoms with E-state index in [0.29, 0.717) is 0 Å². The Morgan fingerprint density at radius 1 is 0.442 bits per heavy atom. The lowest BCUT2D eigenvalue weighted by atomic mass is 10.0. The number of nitrogens with zero attached hydrogens (tertiary/aromatic N) is 2. The Labute approximate surface area is 252 Å². The van der Waals surface area contributed by atoms with Crippen LogP contribution in [0, 0.1) is 0 Å². The van der Waals surface area contributed by atoms with E-state index >= 15 is 0 Å². The van der Waals surface area contributed by atoms with Crippen LogP contribution >= 0.6 is 0 Å². The number of rotatable bonds is 4. The molecule has 2 aromatic heterocycles. The van der Waals surface area contributed by atoms with Crippen LogP contribution in [0.5, 0.6) is 0 Å². The zero-order valence-corrected chi connectivity index (χ0v) is 24.2. The topological polar surface area (TPSA) is 9.86 Å². The monoisotopic (exact) mass is 552 g/mol. The van der Waals surface area contributed by atoms with E-state index in [4.69, 9.17) is 0 Å². The van der Waals surface area contributed by atoms with Gasteiger partial charge in [-0.3, -0.25) is 0 Å². The van der Waals surface area contributed by atoms with E-state index in [0.717, 1.165) is 0 Å². The molecule has 0 radical (unpaired) electrons. The van der Waals surface area contributed by atoms with Gasteiger partial charge in [-0.15, -0.1) is 0 Å². The molecule has 0 saturated carbocycles. The quantitative estimate of drug-likeness (QED) is 0.192. The summed E-state index contributed by atoms with van der Waals surface area (Å²) in [6.07, 6.45) is 5.58. The number of para-hydroxylation sites is 4. The number of allylic oxidation sites excluding steroid dienone is 3. The van der Waals surface area contributed by atoms with Crippen molar-refractivity contribution in [3.8, 4) is 22.5 Å². The molecule has 2 nitrogen and oxygen atoms in total. The van der Waals surface area contributed by atoms with E-state index < -0.39 is 0 Å². The van der Waals surface area contributed by atoms with Crippen LogP contribution in [-0.4, -0.2) is 9.13 Å². The fourth-order valence-electron chi connectivity index (χ4n) is 6.15. The summed E-state index contributed by atoms with van der Waals surface area (Å²) in [4.78, 5) is 0. The second-order valence-electron chi connectivity index (χ2n) is 10.6. The molecule has 0 atom stereocenters. The molecule has 8 aromatic rings. The molecule has 0 saturated heterocycles. The zero-order chi connectivity index (χ0) is 29.2. The van der Waals surface area contributed by atoms with E-state index in [1.54, 1.807) is 6.08 Å². The van der Waals surface area contributed by atoms with Gasteiger partial charge in [0.2, 0.25) is 0 Å². The van der Waals surface area contributed by atoms with Crippen LogP contribution in [0.15, 0.2) is 170 Å². The minimum absolute atomic E-state index is 1.18. The highest BCUT2D eigenvalue weighted by Crippen LogP contribution is 2.38. The summed E-state index contributed by atoms with van der Waals surface area (Å²) in [5.41, 5.74) is 9.73. The summed E-state index contributed by atoms with van der Waals surface area (Å²) >= 11 is 0.